The lowest BCUT2D eigenvalue weighted by Crippen LogP contribution is -2.00. The highest BCUT2D eigenvalue weighted by Crippen LogP contribution is 2.33. The minimum absolute atomic E-state index is 0.771. The summed E-state index contributed by atoms with van der Waals surface area (Å²) >= 11 is 3.46. The minimum Gasteiger partial charge on any atom is -0.493 e. The molecule has 0 amide bonds. The molecule has 0 atom stereocenters. The van der Waals surface area contributed by atoms with Crippen molar-refractivity contribution in [3.05, 3.63) is 36.4 Å². The van der Waals surface area contributed by atoms with Gasteiger partial charge in [0.2, 0.25) is 0 Å². The zero-order valence-electron chi connectivity index (χ0n) is 13.3. The van der Waals surface area contributed by atoms with E-state index in [2.05, 4.69) is 47.1 Å². The number of benzene rings is 2. The molecule has 0 unspecified atom stereocenters. The molecule has 0 radical (unpaired) electrons. The Hall–Kier alpha value is -1.22. The Bertz CT molecular complexity index is 568. The number of unbranched alkanes of at least 4 members (excludes halogenated alkanes) is 3. The van der Waals surface area contributed by atoms with Crippen LogP contribution in [0, 0.1) is 0 Å². The molecule has 0 aliphatic rings. The van der Waals surface area contributed by atoms with Crippen LogP contribution in [0.25, 0.3) is 10.8 Å². The Kier molecular flexibility index (Phi) is 7.58. The van der Waals surface area contributed by atoms with E-state index in [-0.39, 0.29) is 0 Å². The Morgan fingerprint density at radius 3 is 1.91 bits per heavy atom. The zero-order chi connectivity index (χ0) is 15.6. The number of halogens is 1. The van der Waals surface area contributed by atoms with Gasteiger partial charge in [0, 0.05) is 16.1 Å². The van der Waals surface area contributed by atoms with Crippen molar-refractivity contribution in [1.29, 1.82) is 0 Å². The van der Waals surface area contributed by atoms with Crippen molar-refractivity contribution in [2.24, 2.45) is 0 Å². The first-order chi connectivity index (χ1) is 10.9. The Balaban J connectivity index is 2.07. The van der Waals surface area contributed by atoms with Gasteiger partial charge in [-0.25, -0.2) is 0 Å². The summed E-state index contributed by atoms with van der Waals surface area (Å²) in [6.45, 7) is 3.72. The maximum absolute atomic E-state index is 5.98. The molecule has 2 nitrogen and oxygen atoms in total. The lowest BCUT2D eigenvalue weighted by atomic mass is 10.1. The van der Waals surface area contributed by atoms with E-state index in [1.807, 2.05) is 12.1 Å². The molecule has 0 aliphatic carbocycles. The highest BCUT2D eigenvalue weighted by molar-refractivity contribution is 9.09. The van der Waals surface area contributed by atoms with E-state index < -0.39 is 0 Å². The smallest absolute Gasteiger partial charge is 0.127 e. The number of ether oxygens (including phenoxy) is 2. The van der Waals surface area contributed by atoms with Crippen molar-refractivity contribution in [3.63, 3.8) is 0 Å². The predicted molar refractivity (Wildman–Crippen MR) is 97.5 cm³/mol. The third-order valence-electron chi connectivity index (χ3n) is 3.64. The van der Waals surface area contributed by atoms with Gasteiger partial charge in [-0.05, 0) is 37.8 Å². The number of fused-ring (bicyclic) bond motifs is 1. The van der Waals surface area contributed by atoms with Crippen LogP contribution in [0.4, 0.5) is 0 Å². The average molecular weight is 365 g/mol. The summed E-state index contributed by atoms with van der Waals surface area (Å²) in [6.07, 6.45) is 5.72. The average Bonchev–Trinajstić information content (AvgIpc) is 2.56. The van der Waals surface area contributed by atoms with Crippen molar-refractivity contribution in [1.82, 2.24) is 0 Å². The van der Waals surface area contributed by atoms with Crippen LogP contribution in [0.2, 0.25) is 0 Å². The van der Waals surface area contributed by atoms with Gasteiger partial charge in [-0.15, -0.1) is 0 Å². The molecular formula is C19H25BrO2. The van der Waals surface area contributed by atoms with Crippen LogP contribution in [0.5, 0.6) is 11.5 Å². The number of hydrogen-bond acceptors (Lipinski definition) is 2. The monoisotopic (exact) mass is 364 g/mol. The highest BCUT2D eigenvalue weighted by Gasteiger charge is 2.07. The van der Waals surface area contributed by atoms with E-state index in [0.29, 0.717) is 0 Å². The first-order valence-corrected chi connectivity index (χ1v) is 9.32. The lowest BCUT2D eigenvalue weighted by molar-refractivity contribution is 0.304. The van der Waals surface area contributed by atoms with Crippen LogP contribution in [0.3, 0.4) is 0 Å². The largest absolute Gasteiger partial charge is 0.493 e. The van der Waals surface area contributed by atoms with Crippen molar-refractivity contribution >= 4 is 26.7 Å². The number of hydrogen-bond donors (Lipinski definition) is 0. The Morgan fingerprint density at radius 2 is 1.36 bits per heavy atom. The van der Waals surface area contributed by atoms with E-state index in [1.165, 1.54) is 12.8 Å². The molecule has 2 rings (SSSR count). The van der Waals surface area contributed by atoms with Gasteiger partial charge in [-0.2, -0.15) is 0 Å². The second-order valence-electron chi connectivity index (χ2n) is 5.41. The van der Waals surface area contributed by atoms with Crippen molar-refractivity contribution < 1.29 is 9.47 Å². The summed E-state index contributed by atoms with van der Waals surface area (Å²) in [5, 5.41) is 3.34. The van der Waals surface area contributed by atoms with Gasteiger partial charge in [-0.3, -0.25) is 0 Å². The fourth-order valence-electron chi connectivity index (χ4n) is 2.38. The first kappa shape index (κ1) is 17.1. The van der Waals surface area contributed by atoms with Crippen LogP contribution < -0.4 is 9.47 Å². The minimum atomic E-state index is 0.771. The van der Waals surface area contributed by atoms with Gasteiger partial charge in [0.25, 0.3) is 0 Å². The fourth-order valence-corrected chi connectivity index (χ4v) is 2.77. The normalized spacial score (nSPS) is 10.8. The molecule has 0 aliphatic heterocycles. The summed E-state index contributed by atoms with van der Waals surface area (Å²) in [6, 6.07) is 12.4. The third-order valence-corrected chi connectivity index (χ3v) is 4.20. The Labute approximate surface area is 141 Å². The molecule has 120 valence electrons. The van der Waals surface area contributed by atoms with Gasteiger partial charge in [0.15, 0.2) is 0 Å². The fraction of sp³-hybridized carbons (Fsp3) is 0.474. The van der Waals surface area contributed by atoms with Crippen LogP contribution in [0.15, 0.2) is 36.4 Å². The second-order valence-corrected chi connectivity index (χ2v) is 6.20. The topological polar surface area (TPSA) is 18.5 Å². The van der Waals surface area contributed by atoms with Crippen molar-refractivity contribution in [2.45, 2.75) is 39.0 Å². The summed E-state index contributed by atoms with van der Waals surface area (Å²) < 4.78 is 11.9. The quantitative estimate of drug-likeness (QED) is 0.382. The van der Waals surface area contributed by atoms with Gasteiger partial charge in [-0.1, -0.05) is 53.5 Å². The van der Waals surface area contributed by atoms with Crippen LogP contribution >= 0.6 is 15.9 Å². The molecule has 0 spiro atoms. The number of rotatable bonds is 10. The molecule has 0 N–H and O–H groups in total. The van der Waals surface area contributed by atoms with Gasteiger partial charge >= 0.3 is 0 Å². The molecule has 0 heterocycles. The highest BCUT2D eigenvalue weighted by atomic mass is 79.9. The third kappa shape index (κ3) is 4.91. The van der Waals surface area contributed by atoms with E-state index in [9.17, 15) is 0 Å². The number of alkyl halides is 1. The van der Waals surface area contributed by atoms with Gasteiger partial charge in [0.05, 0.1) is 13.2 Å². The summed E-state index contributed by atoms with van der Waals surface area (Å²) in [5.74, 6) is 1.91. The van der Waals surface area contributed by atoms with Crippen molar-refractivity contribution in [2.75, 3.05) is 18.5 Å². The van der Waals surface area contributed by atoms with Gasteiger partial charge < -0.3 is 9.47 Å². The maximum Gasteiger partial charge on any atom is 0.127 e. The van der Waals surface area contributed by atoms with E-state index in [4.69, 9.17) is 9.47 Å². The van der Waals surface area contributed by atoms with E-state index in [1.54, 1.807) is 0 Å². The summed E-state index contributed by atoms with van der Waals surface area (Å²) in [5.41, 5.74) is 0. The predicted octanol–water partition coefficient (Wildman–Crippen LogP) is 5.96. The van der Waals surface area contributed by atoms with Crippen LogP contribution in [0.1, 0.15) is 39.0 Å². The molecule has 0 fully saturated rings. The first-order valence-electron chi connectivity index (χ1n) is 8.20. The molecular weight excluding hydrogens is 340 g/mol. The molecule has 2 aromatic carbocycles. The lowest BCUT2D eigenvalue weighted by Gasteiger charge is -2.13. The Morgan fingerprint density at radius 1 is 0.773 bits per heavy atom. The molecule has 0 aromatic heterocycles. The van der Waals surface area contributed by atoms with E-state index in [0.717, 1.165) is 60.1 Å². The standard InChI is InChI=1S/C19H25BrO2/c1-2-3-14-21-18-11-12-19(22-15-8-4-7-13-20)17-10-6-5-9-16(17)18/h5-6,9-12H,2-4,7-8,13-15H2,1H3. The molecule has 0 saturated carbocycles. The maximum atomic E-state index is 5.98. The van der Waals surface area contributed by atoms with Gasteiger partial charge in [0.1, 0.15) is 11.5 Å². The summed E-state index contributed by atoms with van der Waals surface area (Å²) in [4.78, 5) is 0. The molecule has 0 saturated heterocycles. The molecule has 3 heteroatoms. The van der Waals surface area contributed by atoms with Crippen molar-refractivity contribution in [3.8, 4) is 11.5 Å². The van der Waals surface area contributed by atoms with Crippen LogP contribution in [-0.4, -0.2) is 18.5 Å². The molecule has 22 heavy (non-hydrogen) atoms. The molecule has 2 aromatic rings. The zero-order valence-corrected chi connectivity index (χ0v) is 14.9. The second kappa shape index (κ2) is 9.73. The van der Waals surface area contributed by atoms with E-state index >= 15 is 0 Å². The SMILES string of the molecule is CCCCOc1ccc(OCCCCCBr)c2ccccc12. The molecule has 0 bridgehead atoms. The van der Waals surface area contributed by atoms with Crippen LogP contribution in [-0.2, 0) is 0 Å². The summed E-state index contributed by atoms with van der Waals surface area (Å²) in [7, 11) is 0.